The van der Waals surface area contributed by atoms with Crippen molar-refractivity contribution in [2.24, 2.45) is 9.50 Å². The summed E-state index contributed by atoms with van der Waals surface area (Å²) in [4.78, 5) is 13.8. The van der Waals surface area contributed by atoms with Crippen LogP contribution in [0, 0.1) is 5.82 Å². The molecular formula is C21H26F3N3O6S2. The standard InChI is InChI=1S/C21H26F3N3O6S2/c1-20(17-10-6-7-11-18(17)22,27(19(28)33-2)16-8-4-3-5-9-16)15-34(25,29)26-14-21(23,24)12-13-35(30,31)32/h3-11H,12-15H2,1-2H3,(H2,25,26,29)(H,30,31,32)/t20-,34?/m0/s1. The molecule has 0 radical (unpaired) electrons. The molecule has 0 heterocycles. The van der Waals surface area contributed by atoms with Crippen LogP contribution in [0.3, 0.4) is 0 Å². The van der Waals surface area contributed by atoms with Gasteiger partial charge in [0.15, 0.2) is 0 Å². The number of ether oxygens (including phenoxy) is 1. The number of benzene rings is 2. The predicted octanol–water partition coefficient (Wildman–Crippen LogP) is 3.57. The molecule has 194 valence electrons. The van der Waals surface area contributed by atoms with E-state index in [0.717, 1.165) is 18.1 Å². The summed E-state index contributed by atoms with van der Waals surface area (Å²) < 4.78 is 94.9. The second kappa shape index (κ2) is 10.9. The van der Waals surface area contributed by atoms with Crippen molar-refractivity contribution in [2.75, 3.05) is 30.1 Å². The Morgan fingerprint density at radius 2 is 1.69 bits per heavy atom. The fraction of sp³-hybridized carbons (Fsp3) is 0.381. The zero-order chi connectivity index (χ0) is 26.5. The Labute approximate surface area is 202 Å². The lowest BCUT2D eigenvalue weighted by Crippen LogP contribution is -2.53. The summed E-state index contributed by atoms with van der Waals surface area (Å²) in [6.07, 6.45) is -2.25. The Morgan fingerprint density at radius 1 is 1.11 bits per heavy atom. The normalized spacial score (nSPS) is 15.5. The topological polar surface area (TPSA) is 139 Å². The van der Waals surface area contributed by atoms with Crippen molar-refractivity contribution in [3.63, 3.8) is 0 Å². The summed E-state index contributed by atoms with van der Waals surface area (Å²) in [6.45, 7) is -0.0807. The smallest absolute Gasteiger partial charge is 0.414 e. The maximum Gasteiger partial charge on any atom is 0.414 e. The van der Waals surface area contributed by atoms with Crippen LogP contribution in [-0.2, 0) is 30.3 Å². The number of rotatable bonds is 10. The molecule has 0 aliphatic heterocycles. The van der Waals surface area contributed by atoms with E-state index in [1.807, 2.05) is 0 Å². The highest BCUT2D eigenvalue weighted by Gasteiger charge is 2.43. The zero-order valence-electron chi connectivity index (χ0n) is 18.9. The number of hydrogen-bond acceptors (Lipinski definition) is 6. The summed E-state index contributed by atoms with van der Waals surface area (Å²) in [5.41, 5.74) is -1.72. The van der Waals surface area contributed by atoms with Gasteiger partial charge in [0.2, 0.25) is 0 Å². The molecule has 1 unspecified atom stereocenters. The lowest BCUT2D eigenvalue weighted by atomic mass is 9.91. The van der Waals surface area contributed by atoms with E-state index in [1.54, 1.807) is 18.2 Å². The molecule has 9 nitrogen and oxygen atoms in total. The molecule has 0 aromatic heterocycles. The second-order valence-electron chi connectivity index (χ2n) is 7.91. The van der Waals surface area contributed by atoms with Gasteiger partial charge >= 0.3 is 6.09 Å². The molecule has 0 fully saturated rings. The van der Waals surface area contributed by atoms with Crippen molar-refractivity contribution >= 4 is 31.8 Å². The van der Waals surface area contributed by atoms with Gasteiger partial charge in [0.1, 0.15) is 22.3 Å². The third kappa shape index (κ3) is 7.92. The maximum atomic E-state index is 14.9. The van der Waals surface area contributed by atoms with E-state index in [9.17, 15) is 30.6 Å². The van der Waals surface area contributed by atoms with Crippen LogP contribution in [0.4, 0.5) is 23.7 Å². The fourth-order valence-electron chi connectivity index (χ4n) is 3.43. The van der Waals surface area contributed by atoms with Gasteiger partial charge in [0.25, 0.3) is 16.0 Å². The Kier molecular flexibility index (Phi) is 8.92. The number of carbonyl (C=O) groups is 1. The van der Waals surface area contributed by atoms with Crippen molar-refractivity contribution in [1.82, 2.24) is 0 Å². The van der Waals surface area contributed by atoms with Crippen molar-refractivity contribution in [3.8, 4) is 0 Å². The van der Waals surface area contributed by atoms with Crippen LogP contribution < -0.4 is 10.0 Å². The number of nitrogens with two attached hydrogens (primary N) is 1. The van der Waals surface area contributed by atoms with Gasteiger partial charge in [-0.25, -0.2) is 31.7 Å². The van der Waals surface area contributed by atoms with Crippen LogP contribution in [0.25, 0.3) is 0 Å². The minimum absolute atomic E-state index is 0.124. The Hall–Kier alpha value is -2.68. The number of nitrogens with zero attached hydrogens (tertiary/aromatic N) is 2. The Balaban J connectivity index is 2.58. The molecule has 0 aliphatic rings. The van der Waals surface area contributed by atoms with Crippen molar-refractivity contribution < 1.29 is 39.9 Å². The first-order valence-electron chi connectivity index (χ1n) is 10.1. The van der Waals surface area contributed by atoms with E-state index >= 15 is 0 Å². The number of halogens is 3. The van der Waals surface area contributed by atoms with Crippen molar-refractivity contribution in [2.45, 2.75) is 24.8 Å². The van der Waals surface area contributed by atoms with Gasteiger partial charge in [-0.15, -0.1) is 0 Å². The summed E-state index contributed by atoms with van der Waals surface area (Å²) in [6, 6.07) is 13.1. The summed E-state index contributed by atoms with van der Waals surface area (Å²) in [5, 5.41) is 5.80. The SMILES string of the molecule is COC(=O)N(c1ccccc1)[C@@](C)(CS(N)(=O)=NCC(F)(F)CCS(=O)(=O)O)c1ccccc1F. The average Bonchev–Trinajstić information content (AvgIpc) is 2.77. The number of para-hydroxylation sites is 1. The largest absolute Gasteiger partial charge is 0.452 e. The van der Waals surface area contributed by atoms with Gasteiger partial charge in [-0.2, -0.15) is 8.42 Å². The summed E-state index contributed by atoms with van der Waals surface area (Å²) in [5.74, 6) is -6.56. The predicted molar refractivity (Wildman–Crippen MR) is 126 cm³/mol. The summed E-state index contributed by atoms with van der Waals surface area (Å²) in [7, 11) is -7.59. The minimum Gasteiger partial charge on any atom is -0.452 e. The lowest BCUT2D eigenvalue weighted by molar-refractivity contribution is 0.00843. The molecule has 2 aromatic carbocycles. The third-order valence-electron chi connectivity index (χ3n) is 5.05. The monoisotopic (exact) mass is 537 g/mol. The van der Waals surface area contributed by atoms with Gasteiger partial charge in [-0.1, -0.05) is 36.4 Å². The molecule has 2 rings (SSSR count). The Bertz CT molecular complexity index is 1270. The number of carbonyl (C=O) groups excluding carboxylic acids is 1. The lowest BCUT2D eigenvalue weighted by Gasteiger charge is -2.41. The molecule has 14 heteroatoms. The Morgan fingerprint density at radius 3 is 2.23 bits per heavy atom. The highest BCUT2D eigenvalue weighted by molar-refractivity contribution is 7.91. The number of hydrogen-bond donors (Lipinski definition) is 2. The van der Waals surface area contributed by atoms with E-state index in [0.29, 0.717) is 0 Å². The highest BCUT2D eigenvalue weighted by atomic mass is 32.2. The summed E-state index contributed by atoms with van der Waals surface area (Å²) >= 11 is 0. The van der Waals surface area contributed by atoms with Gasteiger partial charge in [0, 0.05) is 17.7 Å². The molecule has 0 saturated heterocycles. The number of methoxy groups -OCH3 is 1. The minimum atomic E-state index is -4.66. The van der Waals surface area contributed by atoms with Crippen molar-refractivity contribution in [1.29, 1.82) is 0 Å². The van der Waals surface area contributed by atoms with Crippen LogP contribution >= 0.6 is 0 Å². The molecule has 1 amide bonds. The van der Waals surface area contributed by atoms with E-state index in [4.69, 9.17) is 14.4 Å². The first kappa shape index (κ1) is 28.6. The molecule has 0 spiro atoms. The van der Waals surface area contributed by atoms with Crippen LogP contribution in [0.15, 0.2) is 59.0 Å². The van der Waals surface area contributed by atoms with E-state index < -0.39 is 67.9 Å². The maximum absolute atomic E-state index is 14.9. The van der Waals surface area contributed by atoms with Gasteiger partial charge in [0.05, 0.1) is 24.2 Å². The molecule has 2 aromatic rings. The molecule has 2 atom stereocenters. The van der Waals surface area contributed by atoms with E-state index in [1.165, 1.54) is 37.3 Å². The first-order chi connectivity index (χ1) is 16.1. The zero-order valence-corrected chi connectivity index (χ0v) is 20.6. The fourth-order valence-corrected chi connectivity index (χ4v) is 5.58. The average molecular weight is 538 g/mol. The van der Waals surface area contributed by atoms with E-state index in [-0.39, 0.29) is 11.3 Å². The first-order valence-corrected chi connectivity index (χ1v) is 13.5. The van der Waals surface area contributed by atoms with Crippen LogP contribution in [0.5, 0.6) is 0 Å². The van der Waals surface area contributed by atoms with Gasteiger partial charge in [-0.3, -0.25) is 9.45 Å². The van der Waals surface area contributed by atoms with Crippen LogP contribution in [0.2, 0.25) is 0 Å². The third-order valence-corrected chi connectivity index (χ3v) is 7.31. The number of amides is 1. The second-order valence-corrected chi connectivity index (χ2v) is 11.4. The van der Waals surface area contributed by atoms with E-state index in [2.05, 4.69) is 4.36 Å². The highest BCUT2D eigenvalue weighted by Crippen LogP contribution is 2.36. The number of alkyl halides is 2. The molecule has 0 bridgehead atoms. The van der Waals surface area contributed by atoms with Crippen molar-refractivity contribution in [3.05, 3.63) is 66.0 Å². The van der Waals surface area contributed by atoms with Crippen LogP contribution in [0.1, 0.15) is 18.9 Å². The molecule has 35 heavy (non-hydrogen) atoms. The molecular weight excluding hydrogens is 511 g/mol. The molecule has 3 N–H and O–H groups in total. The van der Waals surface area contributed by atoms with Crippen LogP contribution in [-0.4, -0.2) is 54.4 Å². The molecule has 0 aliphatic carbocycles. The molecule has 0 saturated carbocycles. The number of anilines is 1. The van der Waals surface area contributed by atoms with Gasteiger partial charge < -0.3 is 4.74 Å². The van der Waals surface area contributed by atoms with Gasteiger partial charge in [-0.05, 0) is 25.1 Å². The quantitative estimate of drug-likeness (QED) is 0.444.